The summed E-state index contributed by atoms with van der Waals surface area (Å²) in [7, 11) is 0. The van der Waals surface area contributed by atoms with Crippen molar-refractivity contribution in [2.75, 3.05) is 10.6 Å². The predicted octanol–water partition coefficient (Wildman–Crippen LogP) is 4.29. The summed E-state index contributed by atoms with van der Waals surface area (Å²) in [5.41, 5.74) is 0.886. The van der Waals surface area contributed by atoms with Gasteiger partial charge in [0.1, 0.15) is 0 Å². The average Bonchev–Trinajstić information content (AvgIpc) is 3.01. The number of nitrogens with one attached hydrogen (secondary N) is 2. The Morgan fingerprint density at radius 1 is 1.04 bits per heavy atom. The quantitative estimate of drug-likeness (QED) is 0.805. The van der Waals surface area contributed by atoms with Crippen LogP contribution in [-0.4, -0.2) is 18.0 Å². The van der Waals surface area contributed by atoms with Crippen molar-refractivity contribution in [3.05, 3.63) is 52.2 Å². The van der Waals surface area contributed by atoms with Crippen LogP contribution in [0, 0.1) is 0 Å². The van der Waals surface area contributed by atoms with Crippen molar-refractivity contribution in [3.8, 4) is 0 Å². The number of carbonyl (C=O) groups excluding carboxylic acids is 2. The fraction of sp³-hybridized carbons (Fsp3) is 0.125. The first-order chi connectivity index (χ1) is 11.3. The van der Waals surface area contributed by atoms with Crippen LogP contribution in [0.25, 0.3) is 6.08 Å². The number of rotatable bonds is 4. The Labute approximate surface area is 140 Å². The van der Waals surface area contributed by atoms with E-state index < -0.39 is 12.1 Å². The molecule has 1 aromatic carbocycles. The van der Waals surface area contributed by atoms with Crippen LogP contribution in [0.3, 0.4) is 0 Å². The minimum absolute atomic E-state index is 0.0128. The van der Waals surface area contributed by atoms with Crippen LogP contribution in [0.1, 0.15) is 11.8 Å². The first kappa shape index (κ1) is 17.7. The molecule has 0 radical (unpaired) electrons. The fourth-order valence-electron chi connectivity index (χ4n) is 1.72. The van der Waals surface area contributed by atoms with Gasteiger partial charge in [0.05, 0.1) is 0 Å². The topological polar surface area (TPSA) is 58.2 Å². The predicted molar refractivity (Wildman–Crippen MR) is 87.7 cm³/mol. The molecule has 8 heteroatoms. The lowest BCUT2D eigenvalue weighted by Gasteiger charge is -2.09. The van der Waals surface area contributed by atoms with E-state index in [4.69, 9.17) is 0 Å². The monoisotopic (exact) mass is 354 g/mol. The molecular weight excluding hydrogens is 341 g/mol. The van der Waals surface area contributed by atoms with Crippen molar-refractivity contribution >= 4 is 40.6 Å². The van der Waals surface area contributed by atoms with E-state index in [0.717, 1.165) is 4.88 Å². The van der Waals surface area contributed by atoms with Crippen LogP contribution in [0.4, 0.5) is 24.5 Å². The number of benzene rings is 1. The van der Waals surface area contributed by atoms with Gasteiger partial charge in [-0.3, -0.25) is 9.59 Å². The van der Waals surface area contributed by atoms with E-state index in [0.29, 0.717) is 11.3 Å². The summed E-state index contributed by atoms with van der Waals surface area (Å²) in [5.74, 6) is -2.37. The van der Waals surface area contributed by atoms with E-state index in [1.807, 2.05) is 17.5 Å². The second-order valence-electron chi connectivity index (χ2n) is 4.83. The summed E-state index contributed by atoms with van der Waals surface area (Å²) in [6.45, 7) is 1.66. The van der Waals surface area contributed by atoms with E-state index >= 15 is 0 Å². The largest absolute Gasteiger partial charge is 0.471 e. The van der Waals surface area contributed by atoms with Crippen molar-refractivity contribution in [2.24, 2.45) is 0 Å². The Kier molecular flexibility index (Phi) is 5.40. The zero-order valence-corrected chi connectivity index (χ0v) is 13.3. The highest BCUT2D eigenvalue weighted by atomic mass is 32.1. The minimum atomic E-state index is -4.95. The molecule has 1 aromatic heterocycles. The standard InChI is InChI=1S/C16H13F3N2O2S/c1-10(9-13-3-2-8-24-13)14(22)20-11-4-6-12(7-5-11)21-15(23)16(17,18)19/h2-9H,1H3,(H,20,22)(H,21,23)/b10-9+. The van der Waals surface area contributed by atoms with Gasteiger partial charge in [-0.05, 0) is 48.7 Å². The van der Waals surface area contributed by atoms with Crippen LogP contribution in [-0.2, 0) is 9.59 Å². The Hall–Kier alpha value is -2.61. The van der Waals surface area contributed by atoms with Crippen LogP contribution >= 0.6 is 11.3 Å². The summed E-state index contributed by atoms with van der Waals surface area (Å²) in [5, 5.41) is 6.25. The molecule has 0 aliphatic carbocycles. The van der Waals surface area contributed by atoms with E-state index in [9.17, 15) is 22.8 Å². The molecule has 0 fully saturated rings. The highest BCUT2D eigenvalue weighted by molar-refractivity contribution is 7.10. The van der Waals surface area contributed by atoms with Gasteiger partial charge in [-0.15, -0.1) is 11.3 Å². The van der Waals surface area contributed by atoms with Crippen LogP contribution in [0.5, 0.6) is 0 Å². The Morgan fingerprint density at radius 2 is 1.62 bits per heavy atom. The molecule has 2 N–H and O–H groups in total. The smallest absolute Gasteiger partial charge is 0.322 e. The maximum Gasteiger partial charge on any atom is 0.471 e. The van der Waals surface area contributed by atoms with Crippen molar-refractivity contribution in [1.82, 2.24) is 0 Å². The number of thiophene rings is 1. The molecule has 0 saturated heterocycles. The first-order valence-corrected chi connectivity index (χ1v) is 7.65. The van der Waals surface area contributed by atoms with Crippen LogP contribution in [0.15, 0.2) is 47.4 Å². The fourth-order valence-corrected chi connectivity index (χ4v) is 2.44. The molecule has 2 amide bonds. The van der Waals surface area contributed by atoms with Crippen molar-refractivity contribution in [3.63, 3.8) is 0 Å². The number of hydrogen-bond donors (Lipinski definition) is 2. The Balaban J connectivity index is 1.99. The second-order valence-corrected chi connectivity index (χ2v) is 5.81. The Morgan fingerprint density at radius 3 is 2.12 bits per heavy atom. The first-order valence-electron chi connectivity index (χ1n) is 6.77. The third-order valence-corrected chi connectivity index (χ3v) is 3.74. The van der Waals surface area contributed by atoms with Crippen molar-refractivity contribution in [2.45, 2.75) is 13.1 Å². The molecule has 0 unspecified atom stereocenters. The number of carbonyl (C=O) groups is 2. The molecule has 0 spiro atoms. The van der Waals surface area contributed by atoms with Gasteiger partial charge in [0.2, 0.25) is 0 Å². The van der Waals surface area contributed by atoms with Gasteiger partial charge in [-0.25, -0.2) is 0 Å². The second kappa shape index (κ2) is 7.31. The normalized spacial score (nSPS) is 11.9. The molecule has 4 nitrogen and oxygen atoms in total. The third kappa shape index (κ3) is 4.95. The molecule has 0 bridgehead atoms. The molecular formula is C16H13F3N2O2S. The minimum Gasteiger partial charge on any atom is -0.322 e. The molecule has 0 atom stereocenters. The summed E-state index contributed by atoms with van der Waals surface area (Å²) in [6, 6.07) is 9.11. The van der Waals surface area contributed by atoms with Crippen LogP contribution < -0.4 is 10.6 Å². The molecule has 126 valence electrons. The maximum absolute atomic E-state index is 12.2. The van der Waals surface area contributed by atoms with Gasteiger partial charge in [-0.2, -0.15) is 13.2 Å². The van der Waals surface area contributed by atoms with E-state index in [2.05, 4.69) is 5.32 Å². The van der Waals surface area contributed by atoms with Gasteiger partial charge in [0, 0.05) is 21.8 Å². The molecule has 24 heavy (non-hydrogen) atoms. The SMILES string of the molecule is C/C(=C\c1cccs1)C(=O)Nc1ccc(NC(=O)C(F)(F)F)cc1. The zero-order valence-electron chi connectivity index (χ0n) is 12.5. The van der Waals surface area contributed by atoms with Gasteiger partial charge >= 0.3 is 12.1 Å². The lowest BCUT2D eigenvalue weighted by Crippen LogP contribution is -2.29. The van der Waals surface area contributed by atoms with Crippen LogP contribution in [0.2, 0.25) is 0 Å². The summed E-state index contributed by atoms with van der Waals surface area (Å²) < 4.78 is 36.5. The highest BCUT2D eigenvalue weighted by Crippen LogP contribution is 2.20. The van der Waals surface area contributed by atoms with Gasteiger partial charge in [0.25, 0.3) is 5.91 Å². The van der Waals surface area contributed by atoms with E-state index in [1.54, 1.807) is 18.3 Å². The summed E-state index contributed by atoms with van der Waals surface area (Å²) >= 11 is 1.50. The summed E-state index contributed by atoms with van der Waals surface area (Å²) in [4.78, 5) is 23.8. The van der Waals surface area contributed by atoms with E-state index in [1.165, 1.54) is 35.6 Å². The molecule has 0 aliphatic rings. The lowest BCUT2D eigenvalue weighted by molar-refractivity contribution is -0.167. The number of alkyl halides is 3. The molecule has 2 aromatic rings. The Bertz CT molecular complexity index is 751. The van der Waals surface area contributed by atoms with Crippen molar-refractivity contribution < 1.29 is 22.8 Å². The molecule has 2 rings (SSSR count). The van der Waals surface area contributed by atoms with Gasteiger partial charge < -0.3 is 10.6 Å². The zero-order chi connectivity index (χ0) is 17.7. The highest BCUT2D eigenvalue weighted by Gasteiger charge is 2.38. The molecule has 0 aliphatic heterocycles. The third-order valence-electron chi connectivity index (χ3n) is 2.92. The summed E-state index contributed by atoms with van der Waals surface area (Å²) in [6.07, 6.45) is -3.21. The van der Waals surface area contributed by atoms with E-state index in [-0.39, 0.29) is 11.6 Å². The number of anilines is 2. The molecule has 1 heterocycles. The number of halogens is 3. The number of amides is 2. The van der Waals surface area contributed by atoms with Gasteiger partial charge in [-0.1, -0.05) is 6.07 Å². The number of hydrogen-bond acceptors (Lipinski definition) is 3. The van der Waals surface area contributed by atoms with Gasteiger partial charge in [0.15, 0.2) is 0 Å². The molecule has 0 saturated carbocycles. The maximum atomic E-state index is 12.2. The average molecular weight is 354 g/mol. The lowest BCUT2D eigenvalue weighted by atomic mass is 10.2. The van der Waals surface area contributed by atoms with Crippen molar-refractivity contribution in [1.29, 1.82) is 0 Å².